The van der Waals surface area contributed by atoms with Crippen LogP contribution in [-0.4, -0.2) is 10.8 Å². The summed E-state index contributed by atoms with van der Waals surface area (Å²) >= 11 is 6.48. The fourth-order valence-corrected chi connectivity index (χ4v) is 2.96. The highest BCUT2D eigenvalue weighted by Crippen LogP contribution is 2.40. The lowest BCUT2D eigenvalue weighted by Crippen LogP contribution is -2.12. The van der Waals surface area contributed by atoms with Gasteiger partial charge in [-0.05, 0) is 44.0 Å². The molecule has 2 rings (SSSR count). The number of nitro groups is 1. The van der Waals surface area contributed by atoms with Crippen molar-refractivity contribution < 1.29 is 9.66 Å². The van der Waals surface area contributed by atoms with Gasteiger partial charge in [0.15, 0.2) is 5.75 Å². The Morgan fingerprint density at radius 1 is 1.24 bits per heavy atom. The topological polar surface area (TPSA) is 102 Å². The molecule has 2 aromatic rings. The number of nitrogens with one attached hydrogen (secondary N) is 1. The van der Waals surface area contributed by atoms with E-state index in [1.807, 2.05) is 0 Å². The standard InChI is InChI=1S/C13H9Br2N3O3/c14-9-5-7(18(19)20)6-10(15)12(9)21-11-4-2-1-3-8(11)13(16)17/h1-6H,(H3,16,17). The van der Waals surface area contributed by atoms with Crippen molar-refractivity contribution in [2.24, 2.45) is 5.73 Å². The minimum Gasteiger partial charge on any atom is -0.454 e. The second-order valence-electron chi connectivity index (χ2n) is 4.01. The minimum atomic E-state index is -0.497. The van der Waals surface area contributed by atoms with Gasteiger partial charge in [0.05, 0.1) is 19.4 Å². The molecule has 3 N–H and O–H groups in total. The summed E-state index contributed by atoms with van der Waals surface area (Å²) in [4.78, 5) is 10.3. The Morgan fingerprint density at radius 2 is 1.81 bits per heavy atom. The Hall–Kier alpha value is -1.93. The number of benzene rings is 2. The first-order chi connectivity index (χ1) is 9.90. The van der Waals surface area contributed by atoms with Crippen molar-refractivity contribution >= 4 is 43.4 Å². The summed E-state index contributed by atoms with van der Waals surface area (Å²) in [7, 11) is 0. The van der Waals surface area contributed by atoms with Crippen molar-refractivity contribution in [1.82, 2.24) is 0 Å². The molecule has 0 aliphatic rings. The molecule has 0 bridgehead atoms. The molecule has 0 fully saturated rings. The third kappa shape index (κ3) is 3.40. The third-order valence-electron chi connectivity index (χ3n) is 2.58. The van der Waals surface area contributed by atoms with Crippen LogP contribution in [0.3, 0.4) is 0 Å². The van der Waals surface area contributed by atoms with Gasteiger partial charge in [-0.25, -0.2) is 0 Å². The number of non-ortho nitro benzene ring substituents is 1. The molecule has 0 aliphatic carbocycles. The van der Waals surface area contributed by atoms with Gasteiger partial charge in [0.1, 0.15) is 11.6 Å². The predicted octanol–water partition coefficient (Wildman–Crippen LogP) is 4.20. The lowest BCUT2D eigenvalue weighted by molar-refractivity contribution is -0.385. The molecule has 0 heterocycles. The molecular formula is C13H9Br2N3O3. The van der Waals surface area contributed by atoms with Gasteiger partial charge in [-0.1, -0.05) is 12.1 Å². The summed E-state index contributed by atoms with van der Waals surface area (Å²) in [5.41, 5.74) is 5.87. The van der Waals surface area contributed by atoms with E-state index in [1.165, 1.54) is 12.1 Å². The van der Waals surface area contributed by atoms with Crippen LogP contribution in [0.4, 0.5) is 5.69 Å². The van der Waals surface area contributed by atoms with E-state index in [9.17, 15) is 10.1 Å². The largest absolute Gasteiger partial charge is 0.454 e. The Labute approximate surface area is 136 Å². The second kappa shape index (κ2) is 6.23. The zero-order valence-electron chi connectivity index (χ0n) is 10.5. The molecule has 0 saturated carbocycles. The number of ether oxygens (including phenoxy) is 1. The van der Waals surface area contributed by atoms with E-state index >= 15 is 0 Å². The van der Waals surface area contributed by atoms with Crippen LogP contribution < -0.4 is 10.5 Å². The smallest absolute Gasteiger partial charge is 0.271 e. The number of nitrogens with zero attached hydrogens (tertiary/aromatic N) is 1. The molecule has 0 aliphatic heterocycles. The van der Waals surface area contributed by atoms with E-state index in [0.29, 0.717) is 26.0 Å². The predicted molar refractivity (Wildman–Crippen MR) is 86.0 cm³/mol. The highest BCUT2D eigenvalue weighted by Gasteiger charge is 2.17. The van der Waals surface area contributed by atoms with Crippen molar-refractivity contribution in [2.45, 2.75) is 0 Å². The van der Waals surface area contributed by atoms with Gasteiger partial charge in [-0.2, -0.15) is 0 Å². The molecule has 8 heteroatoms. The molecule has 0 spiro atoms. The van der Waals surface area contributed by atoms with Gasteiger partial charge in [-0.15, -0.1) is 0 Å². The maximum absolute atomic E-state index is 10.8. The van der Waals surface area contributed by atoms with Crippen LogP contribution >= 0.6 is 31.9 Å². The Balaban J connectivity index is 2.46. The lowest BCUT2D eigenvalue weighted by Gasteiger charge is -2.12. The molecule has 0 amide bonds. The molecule has 21 heavy (non-hydrogen) atoms. The van der Waals surface area contributed by atoms with E-state index in [4.69, 9.17) is 15.9 Å². The average Bonchev–Trinajstić information content (AvgIpc) is 2.42. The minimum absolute atomic E-state index is 0.0686. The number of nitrogens with two attached hydrogens (primary N) is 1. The summed E-state index contributed by atoms with van der Waals surface area (Å²) in [5.74, 6) is 0.634. The monoisotopic (exact) mass is 413 g/mol. The number of para-hydroxylation sites is 1. The summed E-state index contributed by atoms with van der Waals surface area (Å²) < 4.78 is 6.57. The quantitative estimate of drug-likeness (QED) is 0.338. The number of hydrogen-bond acceptors (Lipinski definition) is 4. The second-order valence-corrected chi connectivity index (χ2v) is 5.72. The van der Waals surface area contributed by atoms with E-state index < -0.39 is 4.92 Å². The Kier molecular flexibility index (Phi) is 4.59. The van der Waals surface area contributed by atoms with Gasteiger partial charge in [0.25, 0.3) is 5.69 Å². The highest BCUT2D eigenvalue weighted by atomic mass is 79.9. The first kappa shape index (κ1) is 15.5. The van der Waals surface area contributed by atoms with Gasteiger partial charge in [0, 0.05) is 12.1 Å². The Morgan fingerprint density at radius 3 is 2.33 bits per heavy atom. The number of nitrogen functional groups attached to an aromatic ring is 1. The van der Waals surface area contributed by atoms with Crippen molar-refractivity contribution in [3.05, 3.63) is 61.0 Å². The van der Waals surface area contributed by atoms with Crippen LogP contribution in [0.15, 0.2) is 45.3 Å². The number of amidine groups is 1. The van der Waals surface area contributed by atoms with Gasteiger partial charge in [-0.3, -0.25) is 15.5 Å². The van der Waals surface area contributed by atoms with Crippen LogP contribution in [0.2, 0.25) is 0 Å². The maximum atomic E-state index is 10.8. The van der Waals surface area contributed by atoms with Gasteiger partial charge < -0.3 is 10.5 Å². The molecule has 0 atom stereocenters. The van der Waals surface area contributed by atoms with Gasteiger partial charge in [0.2, 0.25) is 0 Å². The van der Waals surface area contributed by atoms with E-state index in [1.54, 1.807) is 24.3 Å². The summed E-state index contributed by atoms with van der Waals surface area (Å²) in [6.07, 6.45) is 0. The fourth-order valence-electron chi connectivity index (χ4n) is 1.64. The average molecular weight is 415 g/mol. The molecule has 6 nitrogen and oxygen atoms in total. The first-order valence-corrected chi connectivity index (χ1v) is 7.23. The van der Waals surface area contributed by atoms with Crippen LogP contribution in [0, 0.1) is 15.5 Å². The van der Waals surface area contributed by atoms with Crippen molar-refractivity contribution in [1.29, 1.82) is 5.41 Å². The van der Waals surface area contributed by atoms with E-state index in [0.717, 1.165) is 0 Å². The third-order valence-corrected chi connectivity index (χ3v) is 3.76. The van der Waals surface area contributed by atoms with Crippen molar-refractivity contribution in [3.8, 4) is 11.5 Å². The maximum Gasteiger partial charge on any atom is 0.271 e. The SMILES string of the molecule is N=C(N)c1ccccc1Oc1c(Br)cc([N+](=O)[O-])cc1Br. The molecule has 2 aromatic carbocycles. The van der Waals surface area contributed by atoms with Crippen LogP contribution in [0.25, 0.3) is 0 Å². The summed E-state index contributed by atoms with van der Waals surface area (Å²) in [5, 5.41) is 18.3. The molecule has 0 radical (unpaired) electrons. The molecular weight excluding hydrogens is 406 g/mol. The molecule has 0 aromatic heterocycles. The van der Waals surface area contributed by atoms with E-state index in [2.05, 4.69) is 31.9 Å². The number of rotatable bonds is 4. The van der Waals surface area contributed by atoms with Gasteiger partial charge >= 0.3 is 0 Å². The van der Waals surface area contributed by atoms with Crippen LogP contribution in [0.1, 0.15) is 5.56 Å². The molecule has 0 unspecified atom stereocenters. The summed E-state index contributed by atoms with van der Waals surface area (Å²) in [6.45, 7) is 0. The zero-order valence-corrected chi connectivity index (χ0v) is 13.6. The van der Waals surface area contributed by atoms with Crippen LogP contribution in [-0.2, 0) is 0 Å². The lowest BCUT2D eigenvalue weighted by atomic mass is 10.2. The number of nitro benzene ring substituents is 1. The highest BCUT2D eigenvalue weighted by molar-refractivity contribution is 9.11. The molecule has 0 saturated heterocycles. The summed E-state index contributed by atoms with van der Waals surface area (Å²) in [6, 6.07) is 9.49. The Bertz CT molecular complexity index is 711. The first-order valence-electron chi connectivity index (χ1n) is 5.65. The van der Waals surface area contributed by atoms with Crippen molar-refractivity contribution in [2.75, 3.05) is 0 Å². The number of halogens is 2. The van der Waals surface area contributed by atoms with Crippen LogP contribution in [0.5, 0.6) is 11.5 Å². The zero-order chi connectivity index (χ0) is 15.6. The normalized spacial score (nSPS) is 10.2. The van der Waals surface area contributed by atoms with Crippen molar-refractivity contribution in [3.63, 3.8) is 0 Å². The molecule has 108 valence electrons. The number of hydrogen-bond donors (Lipinski definition) is 2. The van der Waals surface area contributed by atoms with E-state index in [-0.39, 0.29) is 11.5 Å². The fraction of sp³-hybridized carbons (Fsp3) is 0.